The molecule has 1 fully saturated rings. The predicted molar refractivity (Wildman–Crippen MR) is 107 cm³/mol. The average Bonchev–Trinajstić information content (AvgIpc) is 3.08. The molecule has 0 aromatic carbocycles. The molecule has 0 radical (unpaired) electrons. The maximum Gasteiger partial charge on any atom is 0.167 e. The van der Waals surface area contributed by atoms with Crippen LogP contribution >= 0.6 is 0 Å². The summed E-state index contributed by atoms with van der Waals surface area (Å²) >= 11 is 0. The third kappa shape index (κ3) is 3.69. The summed E-state index contributed by atoms with van der Waals surface area (Å²) in [7, 11) is -2.45. The van der Waals surface area contributed by atoms with Crippen LogP contribution < -0.4 is 4.90 Å². The lowest BCUT2D eigenvalue weighted by atomic mass is 10.1. The van der Waals surface area contributed by atoms with E-state index in [9.17, 15) is 8.60 Å². The molecule has 0 saturated carbocycles. The second-order valence-corrected chi connectivity index (χ2v) is 9.56. The smallest absolute Gasteiger partial charge is 0.167 e. The monoisotopic (exact) mass is 404 g/mol. The van der Waals surface area contributed by atoms with Crippen LogP contribution in [0, 0.1) is 5.82 Å². The van der Waals surface area contributed by atoms with Gasteiger partial charge < -0.3 is 14.6 Å². The van der Waals surface area contributed by atoms with Crippen LogP contribution in [-0.4, -0.2) is 62.5 Å². The van der Waals surface area contributed by atoms with Crippen LogP contribution in [0.1, 0.15) is 6.92 Å². The first kappa shape index (κ1) is 18.8. The Morgan fingerprint density at radius 1 is 1.39 bits per heavy atom. The van der Waals surface area contributed by atoms with E-state index in [0.29, 0.717) is 36.6 Å². The Balaban J connectivity index is 1.95. The zero-order chi connectivity index (χ0) is 19.9. The molecule has 148 valence electrons. The number of rotatable bonds is 3. The number of ether oxygens (including phenoxy) is 1. The van der Waals surface area contributed by atoms with Gasteiger partial charge in [0.1, 0.15) is 11.5 Å². The number of anilines is 1. The number of morpholine rings is 1. The van der Waals surface area contributed by atoms with Gasteiger partial charge in [0.05, 0.1) is 31.0 Å². The van der Waals surface area contributed by atoms with E-state index in [1.54, 1.807) is 18.3 Å². The van der Waals surface area contributed by atoms with Gasteiger partial charge in [0.2, 0.25) is 0 Å². The molecule has 0 spiro atoms. The fraction of sp³-hybridized carbons (Fsp3) is 0.389. The second-order valence-electron chi connectivity index (χ2n) is 7.02. The minimum Gasteiger partial charge on any atom is -0.377 e. The number of pyridine rings is 1. The molecular formula is C18H21FN6O2S. The van der Waals surface area contributed by atoms with Gasteiger partial charge in [0, 0.05) is 46.4 Å². The molecule has 3 aromatic heterocycles. The molecule has 0 bridgehead atoms. The van der Waals surface area contributed by atoms with Gasteiger partial charge in [-0.1, -0.05) is 0 Å². The summed E-state index contributed by atoms with van der Waals surface area (Å²) < 4.78 is 36.7. The van der Waals surface area contributed by atoms with Crippen molar-refractivity contribution in [2.45, 2.75) is 13.0 Å². The zero-order valence-electron chi connectivity index (χ0n) is 15.8. The first-order valence-electron chi connectivity index (χ1n) is 8.84. The molecule has 3 aromatic rings. The summed E-state index contributed by atoms with van der Waals surface area (Å²) in [5.74, 6) is 0.513. The van der Waals surface area contributed by atoms with Gasteiger partial charge in [-0.3, -0.25) is 0 Å². The Morgan fingerprint density at radius 3 is 2.96 bits per heavy atom. The van der Waals surface area contributed by atoms with E-state index >= 15 is 0 Å². The van der Waals surface area contributed by atoms with Crippen LogP contribution in [0.5, 0.6) is 0 Å². The van der Waals surface area contributed by atoms with Gasteiger partial charge in [0.15, 0.2) is 17.5 Å². The maximum absolute atomic E-state index is 14.7. The number of halogens is 1. The van der Waals surface area contributed by atoms with E-state index in [2.05, 4.69) is 29.2 Å². The van der Waals surface area contributed by atoms with Crippen LogP contribution in [0.3, 0.4) is 0 Å². The Hall–Kier alpha value is -2.59. The van der Waals surface area contributed by atoms with Gasteiger partial charge in [0.25, 0.3) is 0 Å². The fourth-order valence-corrected chi connectivity index (χ4v) is 3.78. The first-order chi connectivity index (χ1) is 13.3. The molecular weight excluding hydrogens is 383 g/mol. The molecule has 1 saturated heterocycles. The molecule has 4 heterocycles. The van der Waals surface area contributed by atoms with Crippen molar-refractivity contribution in [2.24, 2.45) is 4.36 Å². The first-order valence-corrected chi connectivity index (χ1v) is 11.2. The van der Waals surface area contributed by atoms with Crippen molar-refractivity contribution in [1.82, 2.24) is 19.9 Å². The second kappa shape index (κ2) is 7.10. The average molecular weight is 404 g/mol. The molecule has 1 aliphatic rings. The lowest BCUT2D eigenvalue weighted by Gasteiger charge is -2.34. The third-order valence-electron chi connectivity index (χ3n) is 4.44. The lowest BCUT2D eigenvalue weighted by Crippen LogP contribution is -2.44. The summed E-state index contributed by atoms with van der Waals surface area (Å²) in [5, 5.41) is 0.576. The van der Waals surface area contributed by atoms with Crippen LogP contribution in [0.15, 0.2) is 28.9 Å². The highest BCUT2D eigenvalue weighted by Crippen LogP contribution is 2.31. The van der Waals surface area contributed by atoms with Crippen LogP contribution in [-0.2, 0) is 14.5 Å². The van der Waals surface area contributed by atoms with E-state index in [-0.39, 0.29) is 23.2 Å². The van der Waals surface area contributed by atoms with E-state index in [1.165, 1.54) is 12.5 Å². The summed E-state index contributed by atoms with van der Waals surface area (Å²) in [6.07, 6.45) is 5.89. The van der Waals surface area contributed by atoms with Gasteiger partial charge >= 0.3 is 0 Å². The van der Waals surface area contributed by atoms with Crippen molar-refractivity contribution in [3.8, 4) is 11.4 Å². The maximum atomic E-state index is 14.7. The molecule has 10 heteroatoms. The molecule has 0 unspecified atom stereocenters. The minimum atomic E-state index is -2.45. The van der Waals surface area contributed by atoms with Gasteiger partial charge in [-0.15, -0.1) is 0 Å². The third-order valence-corrected chi connectivity index (χ3v) is 5.07. The fourth-order valence-electron chi connectivity index (χ4n) is 3.23. The van der Waals surface area contributed by atoms with Crippen LogP contribution in [0.2, 0.25) is 0 Å². The standard InChI is InChI=1S/C18H21FN6O2S/c1-11-10-27-7-6-25(11)15-8-14(24-28(2,3)26)22-18(23-15)16-12-4-5-20-17(12)21-9-13(16)19/h4-5,8-9,11H,6-7,10H2,1-3H3,(H,20,21)/t11-/m1/s1. The SMILES string of the molecule is C[C@@H]1COCCN1c1cc(N=S(C)(C)=O)nc(-c2c(F)cnc3[nH]ccc23)n1. The Labute approximate surface area is 162 Å². The summed E-state index contributed by atoms with van der Waals surface area (Å²) in [6.45, 7) is 3.80. The molecule has 1 aliphatic heterocycles. The van der Waals surface area contributed by atoms with E-state index in [0.717, 1.165) is 6.20 Å². The Morgan fingerprint density at radius 2 is 2.21 bits per heavy atom. The molecule has 0 aliphatic carbocycles. The summed E-state index contributed by atoms with van der Waals surface area (Å²) in [5.41, 5.74) is 0.780. The quantitative estimate of drug-likeness (QED) is 0.721. The van der Waals surface area contributed by atoms with Crippen LogP contribution in [0.4, 0.5) is 16.0 Å². The number of nitrogens with one attached hydrogen (secondary N) is 1. The van der Waals surface area contributed by atoms with Crippen molar-refractivity contribution < 1.29 is 13.3 Å². The van der Waals surface area contributed by atoms with Crippen molar-refractivity contribution in [1.29, 1.82) is 0 Å². The van der Waals surface area contributed by atoms with E-state index < -0.39 is 15.5 Å². The molecule has 8 nitrogen and oxygen atoms in total. The number of fused-ring (bicyclic) bond motifs is 1. The van der Waals surface area contributed by atoms with Crippen molar-refractivity contribution in [3.05, 3.63) is 30.3 Å². The topological polar surface area (TPSA) is 96.4 Å². The van der Waals surface area contributed by atoms with Gasteiger partial charge in [-0.05, 0) is 13.0 Å². The molecule has 0 amide bonds. The number of aromatic amines is 1. The molecule has 4 rings (SSSR count). The number of hydrogen-bond acceptors (Lipinski definition) is 7. The normalized spacial score (nSPS) is 17.9. The van der Waals surface area contributed by atoms with Crippen molar-refractivity contribution in [3.63, 3.8) is 0 Å². The molecule has 1 N–H and O–H groups in total. The van der Waals surface area contributed by atoms with Crippen molar-refractivity contribution >= 4 is 32.4 Å². The number of hydrogen-bond donors (Lipinski definition) is 1. The van der Waals surface area contributed by atoms with Gasteiger partial charge in [-0.2, -0.15) is 4.36 Å². The highest BCUT2D eigenvalue weighted by molar-refractivity contribution is 7.92. The summed E-state index contributed by atoms with van der Waals surface area (Å²) in [4.78, 5) is 18.1. The number of aromatic nitrogens is 4. The van der Waals surface area contributed by atoms with Crippen molar-refractivity contribution in [2.75, 3.05) is 37.2 Å². The summed E-state index contributed by atoms with van der Waals surface area (Å²) in [6, 6.07) is 3.51. The zero-order valence-corrected chi connectivity index (χ0v) is 16.7. The molecule has 1 atom stereocenters. The van der Waals surface area contributed by atoms with E-state index in [1.807, 2.05) is 6.92 Å². The Bertz CT molecular complexity index is 1150. The molecule has 28 heavy (non-hydrogen) atoms. The minimum absolute atomic E-state index is 0.0894. The Kier molecular flexibility index (Phi) is 4.76. The lowest BCUT2D eigenvalue weighted by molar-refractivity contribution is 0.0985. The van der Waals surface area contributed by atoms with Crippen LogP contribution in [0.25, 0.3) is 22.4 Å². The number of H-pyrrole nitrogens is 1. The highest BCUT2D eigenvalue weighted by Gasteiger charge is 2.23. The van der Waals surface area contributed by atoms with E-state index in [4.69, 9.17) is 4.74 Å². The number of nitrogens with zero attached hydrogens (tertiary/aromatic N) is 5. The van der Waals surface area contributed by atoms with Gasteiger partial charge in [-0.25, -0.2) is 23.6 Å². The highest BCUT2D eigenvalue weighted by atomic mass is 32.2. The predicted octanol–water partition coefficient (Wildman–Crippen LogP) is 2.74. The largest absolute Gasteiger partial charge is 0.377 e.